The summed E-state index contributed by atoms with van der Waals surface area (Å²) in [6.45, 7) is 3.05. The molecule has 2 aromatic carbocycles. The van der Waals surface area contributed by atoms with Crippen molar-refractivity contribution in [2.24, 2.45) is 0 Å². The van der Waals surface area contributed by atoms with Crippen molar-refractivity contribution in [3.8, 4) is 11.5 Å². The van der Waals surface area contributed by atoms with Crippen LogP contribution < -0.4 is 14.4 Å². The van der Waals surface area contributed by atoms with Gasteiger partial charge >= 0.3 is 0 Å². The Morgan fingerprint density at radius 1 is 1.08 bits per heavy atom. The fourth-order valence-electron chi connectivity index (χ4n) is 2.84. The number of benzene rings is 2. The minimum Gasteiger partial charge on any atom is -0.493 e. The van der Waals surface area contributed by atoms with Crippen LogP contribution in [0.4, 0.5) is 10.8 Å². The molecule has 6 heteroatoms. The van der Waals surface area contributed by atoms with Crippen molar-refractivity contribution in [3.63, 3.8) is 0 Å². The first-order valence-corrected chi connectivity index (χ1v) is 10.6. The molecule has 0 saturated heterocycles. The molecule has 0 radical (unpaired) electrons. The summed E-state index contributed by atoms with van der Waals surface area (Å²) in [6, 6.07) is 12.5. The molecular weight excluding hydrogens is 412 g/mol. The van der Waals surface area contributed by atoms with Crippen LogP contribution in [-0.2, 0) is 6.42 Å². The van der Waals surface area contributed by atoms with Crippen molar-refractivity contribution in [1.82, 2.24) is 4.98 Å². The SMILES string of the molecule is CCc1ccc2nc(N(CCCBr)c3ccc(OC)c(OC)c3)sc2c1. The van der Waals surface area contributed by atoms with Gasteiger partial charge in [-0.1, -0.05) is 40.3 Å². The maximum atomic E-state index is 5.48. The van der Waals surface area contributed by atoms with Gasteiger partial charge in [-0.3, -0.25) is 0 Å². The van der Waals surface area contributed by atoms with Crippen LogP contribution in [-0.4, -0.2) is 31.1 Å². The number of aromatic nitrogens is 1. The molecule has 0 aliphatic carbocycles. The molecule has 138 valence electrons. The number of alkyl halides is 1. The second-order valence-corrected chi connectivity index (χ2v) is 7.69. The normalized spacial score (nSPS) is 10.9. The Labute approximate surface area is 166 Å². The van der Waals surface area contributed by atoms with Gasteiger partial charge in [-0.25, -0.2) is 4.98 Å². The first-order valence-electron chi connectivity index (χ1n) is 8.65. The molecule has 0 N–H and O–H groups in total. The van der Waals surface area contributed by atoms with Gasteiger partial charge in [0, 0.05) is 23.6 Å². The highest BCUT2D eigenvalue weighted by atomic mass is 79.9. The fraction of sp³-hybridized carbons (Fsp3) is 0.350. The predicted octanol–water partition coefficient (Wildman–Crippen LogP) is 5.80. The highest BCUT2D eigenvalue weighted by Gasteiger charge is 2.16. The third-order valence-corrected chi connectivity index (χ3v) is 5.88. The molecule has 0 atom stereocenters. The van der Waals surface area contributed by atoms with Crippen LogP contribution in [0.15, 0.2) is 36.4 Å². The van der Waals surface area contributed by atoms with E-state index in [1.165, 1.54) is 10.3 Å². The quantitative estimate of drug-likeness (QED) is 0.419. The number of rotatable bonds is 8. The van der Waals surface area contributed by atoms with Crippen molar-refractivity contribution >= 4 is 48.3 Å². The topological polar surface area (TPSA) is 34.6 Å². The van der Waals surface area contributed by atoms with Crippen LogP contribution in [0.2, 0.25) is 0 Å². The summed E-state index contributed by atoms with van der Waals surface area (Å²) >= 11 is 5.27. The Hall–Kier alpha value is -1.79. The van der Waals surface area contributed by atoms with E-state index in [-0.39, 0.29) is 0 Å². The van der Waals surface area contributed by atoms with Crippen molar-refractivity contribution in [2.75, 3.05) is 31.0 Å². The molecule has 0 unspecified atom stereocenters. The van der Waals surface area contributed by atoms with Crippen molar-refractivity contribution in [3.05, 3.63) is 42.0 Å². The lowest BCUT2D eigenvalue weighted by Gasteiger charge is -2.22. The van der Waals surface area contributed by atoms with Gasteiger partial charge in [-0.05, 0) is 42.7 Å². The maximum Gasteiger partial charge on any atom is 0.190 e. The van der Waals surface area contributed by atoms with Crippen LogP contribution in [0.5, 0.6) is 11.5 Å². The first kappa shape index (κ1) is 19.0. The lowest BCUT2D eigenvalue weighted by molar-refractivity contribution is 0.355. The molecule has 0 amide bonds. The molecule has 1 aromatic heterocycles. The van der Waals surface area contributed by atoms with E-state index in [0.29, 0.717) is 0 Å². The van der Waals surface area contributed by atoms with E-state index < -0.39 is 0 Å². The summed E-state index contributed by atoms with van der Waals surface area (Å²) in [5, 5.41) is 1.95. The van der Waals surface area contributed by atoms with E-state index in [1.807, 2.05) is 12.1 Å². The van der Waals surface area contributed by atoms with E-state index in [1.54, 1.807) is 25.6 Å². The molecule has 3 aromatic rings. The van der Waals surface area contributed by atoms with Crippen LogP contribution in [0.25, 0.3) is 10.2 Å². The Kier molecular flexibility index (Phi) is 6.38. The summed E-state index contributed by atoms with van der Waals surface area (Å²) in [4.78, 5) is 7.12. The van der Waals surface area contributed by atoms with Crippen LogP contribution in [0, 0.1) is 0 Å². The van der Waals surface area contributed by atoms with E-state index in [0.717, 1.165) is 52.6 Å². The second-order valence-electron chi connectivity index (χ2n) is 5.89. The summed E-state index contributed by atoms with van der Waals surface area (Å²) in [6.07, 6.45) is 2.05. The number of halogens is 1. The predicted molar refractivity (Wildman–Crippen MR) is 114 cm³/mol. The molecule has 0 fully saturated rings. The van der Waals surface area contributed by atoms with Gasteiger partial charge < -0.3 is 14.4 Å². The molecule has 1 heterocycles. The van der Waals surface area contributed by atoms with Crippen LogP contribution >= 0.6 is 27.3 Å². The summed E-state index contributed by atoms with van der Waals surface area (Å²) < 4.78 is 12.1. The van der Waals surface area contributed by atoms with Gasteiger partial charge in [0.1, 0.15) is 0 Å². The second kappa shape index (κ2) is 8.73. The van der Waals surface area contributed by atoms with Gasteiger partial charge in [0.2, 0.25) is 0 Å². The zero-order chi connectivity index (χ0) is 18.5. The van der Waals surface area contributed by atoms with E-state index in [4.69, 9.17) is 14.5 Å². The number of ether oxygens (including phenoxy) is 2. The Morgan fingerprint density at radius 3 is 2.58 bits per heavy atom. The number of methoxy groups -OCH3 is 2. The van der Waals surface area contributed by atoms with Crippen LogP contribution in [0.1, 0.15) is 18.9 Å². The van der Waals surface area contributed by atoms with Gasteiger partial charge in [-0.2, -0.15) is 0 Å². The van der Waals surface area contributed by atoms with Gasteiger partial charge in [0.25, 0.3) is 0 Å². The lowest BCUT2D eigenvalue weighted by atomic mass is 10.2. The zero-order valence-electron chi connectivity index (χ0n) is 15.3. The summed E-state index contributed by atoms with van der Waals surface area (Å²) in [5.74, 6) is 1.46. The number of thiazole rings is 1. The summed E-state index contributed by atoms with van der Waals surface area (Å²) in [5.41, 5.74) is 3.44. The molecule has 0 aliphatic heterocycles. The smallest absolute Gasteiger partial charge is 0.190 e. The van der Waals surface area contributed by atoms with E-state index in [9.17, 15) is 0 Å². The minimum atomic E-state index is 0.725. The number of hydrogen-bond donors (Lipinski definition) is 0. The number of hydrogen-bond acceptors (Lipinski definition) is 5. The van der Waals surface area contributed by atoms with Crippen molar-refractivity contribution in [2.45, 2.75) is 19.8 Å². The average molecular weight is 435 g/mol. The lowest BCUT2D eigenvalue weighted by Crippen LogP contribution is -2.18. The van der Waals surface area contributed by atoms with E-state index in [2.05, 4.69) is 52.0 Å². The number of nitrogens with zero attached hydrogens (tertiary/aromatic N) is 2. The maximum absolute atomic E-state index is 5.48. The number of anilines is 2. The van der Waals surface area contributed by atoms with E-state index >= 15 is 0 Å². The average Bonchev–Trinajstić information content (AvgIpc) is 3.10. The van der Waals surface area contributed by atoms with Crippen LogP contribution in [0.3, 0.4) is 0 Å². The third kappa shape index (κ3) is 3.96. The fourth-order valence-corrected chi connectivity index (χ4v) is 4.16. The Morgan fingerprint density at radius 2 is 1.88 bits per heavy atom. The molecule has 4 nitrogen and oxygen atoms in total. The molecule has 3 rings (SSSR count). The minimum absolute atomic E-state index is 0.725. The monoisotopic (exact) mass is 434 g/mol. The molecule has 0 bridgehead atoms. The highest BCUT2D eigenvalue weighted by Crippen LogP contribution is 2.38. The van der Waals surface area contributed by atoms with Crippen molar-refractivity contribution in [1.29, 1.82) is 0 Å². The largest absolute Gasteiger partial charge is 0.493 e. The summed E-state index contributed by atoms with van der Waals surface area (Å²) in [7, 11) is 3.31. The molecular formula is C20H23BrN2O2S. The zero-order valence-corrected chi connectivity index (χ0v) is 17.7. The highest BCUT2D eigenvalue weighted by molar-refractivity contribution is 9.09. The standard InChI is InChI=1S/C20H23BrN2O2S/c1-4-14-6-8-16-19(12-14)26-20(22-16)23(11-5-10-21)15-7-9-17(24-2)18(13-15)25-3/h6-9,12-13H,4-5,10-11H2,1-3H3. The molecule has 0 saturated carbocycles. The van der Waals surface area contributed by atoms with Gasteiger partial charge in [-0.15, -0.1) is 0 Å². The molecule has 26 heavy (non-hydrogen) atoms. The number of aryl methyl sites for hydroxylation is 1. The number of fused-ring (bicyclic) bond motifs is 1. The van der Waals surface area contributed by atoms with Gasteiger partial charge in [0.15, 0.2) is 16.6 Å². The molecule has 0 aliphatic rings. The first-order chi connectivity index (χ1) is 12.7. The molecule has 0 spiro atoms. The third-order valence-electron chi connectivity index (χ3n) is 4.27. The Bertz CT molecular complexity index is 881. The van der Waals surface area contributed by atoms with Crippen molar-refractivity contribution < 1.29 is 9.47 Å². The Balaban J connectivity index is 2.03. The van der Waals surface area contributed by atoms with Gasteiger partial charge in [0.05, 0.1) is 24.4 Å².